The molecule has 0 fully saturated rings. The topological polar surface area (TPSA) is 34.1 Å². The summed E-state index contributed by atoms with van der Waals surface area (Å²) in [5.41, 5.74) is 0. The highest BCUT2D eigenvalue weighted by molar-refractivity contribution is 7.99. The first-order valence-electron chi connectivity index (χ1n) is 4.70. The minimum atomic E-state index is -3.52. The number of hydrogen-bond acceptors (Lipinski definition) is 2. The van der Waals surface area contributed by atoms with Gasteiger partial charge in [0.05, 0.1) is 9.81 Å². The van der Waals surface area contributed by atoms with Gasteiger partial charge in [-0.2, -0.15) is 0 Å². The zero-order chi connectivity index (χ0) is 12.6. The first kappa shape index (κ1) is 14.4. The smallest absolute Gasteiger partial charge is 0.206 e. The molecule has 0 aliphatic heterocycles. The second kappa shape index (κ2) is 6.80. The number of allylic oxidation sites excluding steroid dienone is 7. The average Bonchev–Trinajstić information content (AvgIpc) is 2.25. The molecular weight excluding hydrogens is 220 g/mol. The highest BCUT2D eigenvalue weighted by Gasteiger charge is 2.17. The summed E-state index contributed by atoms with van der Waals surface area (Å²) in [4.78, 5) is 0.298. The predicted octanol–water partition coefficient (Wildman–Crippen LogP) is 3.30. The van der Waals surface area contributed by atoms with Gasteiger partial charge in [-0.05, 0) is 25.2 Å². The van der Waals surface area contributed by atoms with E-state index in [0.29, 0.717) is 0 Å². The maximum absolute atomic E-state index is 12.1. The summed E-state index contributed by atoms with van der Waals surface area (Å²) in [6, 6.07) is 0. The molecule has 86 valence electrons. The van der Waals surface area contributed by atoms with Gasteiger partial charge in [-0.15, -0.1) is 0 Å². The molecule has 0 unspecified atom stereocenters. The Labute approximate surface area is 97.6 Å². The van der Waals surface area contributed by atoms with E-state index in [1.54, 1.807) is 13.0 Å². The van der Waals surface area contributed by atoms with Crippen LogP contribution >= 0.6 is 0 Å². The maximum Gasteiger partial charge on any atom is 0.206 e. The molecule has 16 heavy (non-hydrogen) atoms. The van der Waals surface area contributed by atoms with Crippen molar-refractivity contribution in [2.75, 3.05) is 0 Å². The van der Waals surface area contributed by atoms with E-state index >= 15 is 0 Å². The van der Waals surface area contributed by atoms with E-state index in [2.05, 4.69) is 19.7 Å². The zero-order valence-corrected chi connectivity index (χ0v) is 10.2. The van der Waals surface area contributed by atoms with Gasteiger partial charge in [0.25, 0.3) is 0 Å². The standard InChI is InChI=1S/C13H16O2S/c1-5-9-12(8-4)16(14,15)13(10-6-2)11-7-3/h5-11H,1-2,4H2,3H3/b11-7-,12-9+,13-10+. The second-order valence-electron chi connectivity index (χ2n) is 2.82. The Morgan fingerprint density at radius 3 is 1.88 bits per heavy atom. The van der Waals surface area contributed by atoms with Crippen molar-refractivity contribution in [3.63, 3.8) is 0 Å². The molecular formula is C13H16O2S. The molecule has 0 aliphatic carbocycles. The van der Waals surface area contributed by atoms with Crippen molar-refractivity contribution in [3.05, 3.63) is 72.1 Å². The molecule has 0 aromatic carbocycles. The fraction of sp³-hybridized carbons (Fsp3) is 0.0769. The molecule has 0 N–H and O–H groups in total. The maximum atomic E-state index is 12.1. The molecule has 0 atom stereocenters. The summed E-state index contributed by atoms with van der Waals surface area (Å²) in [5, 5.41) is 0. The molecule has 0 saturated carbocycles. The summed E-state index contributed by atoms with van der Waals surface area (Å²) in [6.45, 7) is 12.2. The van der Waals surface area contributed by atoms with Gasteiger partial charge in [0.2, 0.25) is 9.84 Å². The lowest BCUT2D eigenvalue weighted by atomic mass is 10.4. The van der Waals surface area contributed by atoms with E-state index in [9.17, 15) is 8.42 Å². The Morgan fingerprint density at radius 1 is 1.00 bits per heavy atom. The molecule has 0 saturated heterocycles. The van der Waals surface area contributed by atoms with Gasteiger partial charge in [0.1, 0.15) is 0 Å². The zero-order valence-electron chi connectivity index (χ0n) is 9.39. The molecule has 0 spiro atoms. The first-order valence-corrected chi connectivity index (χ1v) is 6.18. The van der Waals surface area contributed by atoms with Crippen LogP contribution in [-0.4, -0.2) is 8.42 Å². The molecule has 3 heteroatoms. The minimum Gasteiger partial charge on any atom is -0.219 e. The molecule has 0 aromatic rings. The first-order chi connectivity index (χ1) is 7.54. The Hall–Kier alpha value is -1.61. The average molecular weight is 236 g/mol. The number of rotatable bonds is 6. The number of sulfone groups is 1. The van der Waals surface area contributed by atoms with Gasteiger partial charge >= 0.3 is 0 Å². The van der Waals surface area contributed by atoms with Crippen LogP contribution in [0.2, 0.25) is 0 Å². The Morgan fingerprint density at radius 2 is 1.50 bits per heavy atom. The van der Waals surface area contributed by atoms with Gasteiger partial charge in [0, 0.05) is 0 Å². The lowest BCUT2D eigenvalue weighted by Gasteiger charge is -2.04. The molecule has 0 rings (SSSR count). The molecule has 0 bridgehead atoms. The molecule has 0 amide bonds. The van der Waals surface area contributed by atoms with Crippen LogP contribution < -0.4 is 0 Å². The van der Waals surface area contributed by atoms with E-state index in [1.807, 2.05) is 0 Å². The Kier molecular flexibility index (Phi) is 6.11. The van der Waals surface area contributed by atoms with Crippen molar-refractivity contribution in [2.45, 2.75) is 6.92 Å². The number of hydrogen-bond donors (Lipinski definition) is 0. The predicted molar refractivity (Wildman–Crippen MR) is 70.5 cm³/mol. The van der Waals surface area contributed by atoms with Crippen LogP contribution in [0.5, 0.6) is 0 Å². The lowest BCUT2D eigenvalue weighted by Crippen LogP contribution is -2.04. The summed E-state index contributed by atoms with van der Waals surface area (Å²) in [5.74, 6) is 0. The summed E-state index contributed by atoms with van der Waals surface area (Å²) < 4.78 is 24.2. The van der Waals surface area contributed by atoms with Crippen LogP contribution in [0.3, 0.4) is 0 Å². The van der Waals surface area contributed by atoms with E-state index in [-0.39, 0.29) is 9.81 Å². The third-order valence-electron chi connectivity index (χ3n) is 1.72. The molecule has 0 radical (unpaired) electrons. The Bertz CT molecular complexity index is 460. The van der Waals surface area contributed by atoms with Crippen LogP contribution in [0.15, 0.2) is 72.1 Å². The van der Waals surface area contributed by atoms with Crippen LogP contribution in [0, 0.1) is 0 Å². The highest BCUT2D eigenvalue weighted by atomic mass is 32.2. The lowest BCUT2D eigenvalue weighted by molar-refractivity contribution is 0.609. The summed E-state index contributed by atoms with van der Waals surface area (Å²) in [7, 11) is -3.52. The van der Waals surface area contributed by atoms with E-state index in [4.69, 9.17) is 0 Å². The normalized spacial score (nSPS) is 13.8. The third-order valence-corrected chi connectivity index (χ3v) is 3.53. The fourth-order valence-corrected chi connectivity index (χ4v) is 2.39. The largest absolute Gasteiger partial charge is 0.219 e. The van der Waals surface area contributed by atoms with Crippen LogP contribution in [0.1, 0.15) is 6.92 Å². The minimum absolute atomic E-state index is 0.119. The van der Waals surface area contributed by atoms with Crippen LogP contribution in [-0.2, 0) is 9.84 Å². The van der Waals surface area contributed by atoms with Gasteiger partial charge in [0.15, 0.2) is 0 Å². The quantitative estimate of drug-likeness (QED) is 0.663. The van der Waals surface area contributed by atoms with Crippen LogP contribution in [0.4, 0.5) is 0 Å². The second-order valence-corrected chi connectivity index (χ2v) is 4.77. The van der Waals surface area contributed by atoms with E-state index in [1.165, 1.54) is 36.5 Å². The SMILES string of the molecule is C=C/C=C(\C=C)S(=O)(=O)C(/C=C\C)=C/C=C. The molecule has 0 heterocycles. The van der Waals surface area contributed by atoms with Crippen molar-refractivity contribution >= 4 is 9.84 Å². The van der Waals surface area contributed by atoms with Crippen molar-refractivity contribution in [1.29, 1.82) is 0 Å². The highest BCUT2D eigenvalue weighted by Crippen LogP contribution is 2.19. The van der Waals surface area contributed by atoms with Gasteiger partial charge in [-0.25, -0.2) is 8.42 Å². The van der Waals surface area contributed by atoms with Crippen molar-refractivity contribution in [3.8, 4) is 0 Å². The monoisotopic (exact) mass is 236 g/mol. The van der Waals surface area contributed by atoms with Crippen LogP contribution in [0.25, 0.3) is 0 Å². The van der Waals surface area contributed by atoms with Crippen molar-refractivity contribution < 1.29 is 8.42 Å². The third kappa shape index (κ3) is 3.51. The van der Waals surface area contributed by atoms with Gasteiger partial charge in [-0.3, -0.25) is 0 Å². The summed E-state index contributed by atoms with van der Waals surface area (Å²) in [6.07, 6.45) is 10.1. The van der Waals surface area contributed by atoms with Gasteiger partial charge < -0.3 is 0 Å². The van der Waals surface area contributed by atoms with Crippen molar-refractivity contribution in [2.24, 2.45) is 0 Å². The van der Waals surface area contributed by atoms with Crippen molar-refractivity contribution in [1.82, 2.24) is 0 Å². The van der Waals surface area contributed by atoms with E-state index < -0.39 is 9.84 Å². The Balaban J connectivity index is 5.73. The fourth-order valence-electron chi connectivity index (χ4n) is 1.03. The van der Waals surface area contributed by atoms with Gasteiger partial charge in [-0.1, -0.05) is 44.0 Å². The summed E-state index contributed by atoms with van der Waals surface area (Å²) >= 11 is 0. The molecule has 0 aromatic heterocycles. The van der Waals surface area contributed by atoms with E-state index in [0.717, 1.165) is 0 Å². The molecule has 2 nitrogen and oxygen atoms in total. The molecule has 0 aliphatic rings.